The Morgan fingerprint density at radius 3 is 2.89 bits per heavy atom. The average molecular weight is 361 g/mol. The molecule has 5 rings (SSSR count). The van der Waals surface area contributed by atoms with Crippen molar-refractivity contribution in [3.8, 4) is 11.5 Å². The lowest BCUT2D eigenvalue weighted by Crippen LogP contribution is -2.19. The second kappa shape index (κ2) is 6.72. The number of rotatable bonds is 4. The van der Waals surface area contributed by atoms with Crippen LogP contribution in [0.15, 0.2) is 24.4 Å². The molecule has 1 aliphatic carbocycles. The fourth-order valence-corrected chi connectivity index (χ4v) is 4.08. The summed E-state index contributed by atoms with van der Waals surface area (Å²) in [6, 6.07) is 5.88. The van der Waals surface area contributed by atoms with Crippen molar-refractivity contribution in [2.24, 2.45) is 0 Å². The highest BCUT2D eigenvalue weighted by atomic mass is 15.3. The van der Waals surface area contributed by atoms with Crippen LogP contribution in [0.5, 0.6) is 0 Å². The largest absolute Gasteiger partial charge is 0.360 e. The first-order chi connectivity index (χ1) is 13.3. The molecule has 0 saturated carbocycles. The molecule has 0 saturated heterocycles. The molecular formula is C20H23N7. The van der Waals surface area contributed by atoms with Gasteiger partial charge in [-0.05, 0) is 51.2 Å². The molecule has 27 heavy (non-hydrogen) atoms. The first-order valence-electron chi connectivity index (χ1n) is 9.79. The molecule has 0 spiro atoms. The van der Waals surface area contributed by atoms with Crippen molar-refractivity contribution in [1.82, 2.24) is 29.7 Å². The van der Waals surface area contributed by atoms with E-state index in [1.54, 1.807) is 6.20 Å². The van der Waals surface area contributed by atoms with Crippen LogP contribution in [0.3, 0.4) is 0 Å². The van der Waals surface area contributed by atoms with Crippen molar-refractivity contribution in [2.75, 3.05) is 5.32 Å². The van der Waals surface area contributed by atoms with Gasteiger partial charge in [0.2, 0.25) is 0 Å². The minimum atomic E-state index is 0.0422. The monoisotopic (exact) mass is 361 g/mol. The molecule has 0 radical (unpaired) electrons. The molecule has 1 atom stereocenters. The van der Waals surface area contributed by atoms with Crippen LogP contribution in [0, 0.1) is 0 Å². The Morgan fingerprint density at radius 2 is 2.00 bits per heavy atom. The van der Waals surface area contributed by atoms with Gasteiger partial charge in [0.15, 0.2) is 11.6 Å². The third-order valence-corrected chi connectivity index (χ3v) is 5.46. The highest BCUT2D eigenvalue weighted by Gasteiger charge is 2.24. The van der Waals surface area contributed by atoms with E-state index in [2.05, 4.69) is 32.0 Å². The van der Waals surface area contributed by atoms with Crippen LogP contribution < -0.4 is 5.32 Å². The molecule has 138 valence electrons. The van der Waals surface area contributed by atoms with Gasteiger partial charge in [-0.3, -0.25) is 4.98 Å². The fraction of sp³-hybridized carbons (Fsp3) is 0.450. The van der Waals surface area contributed by atoms with E-state index in [4.69, 9.17) is 9.97 Å². The maximum absolute atomic E-state index is 4.83. The molecule has 1 unspecified atom stereocenters. The lowest BCUT2D eigenvalue weighted by molar-refractivity contribution is 0.500. The van der Waals surface area contributed by atoms with Crippen LogP contribution >= 0.6 is 0 Å². The molecule has 1 N–H and O–H groups in total. The van der Waals surface area contributed by atoms with Crippen LogP contribution in [0.2, 0.25) is 0 Å². The van der Waals surface area contributed by atoms with Gasteiger partial charge < -0.3 is 9.88 Å². The molecule has 2 aliphatic rings. The number of fused-ring (bicyclic) bond motifs is 2. The van der Waals surface area contributed by atoms with Gasteiger partial charge in [-0.25, -0.2) is 9.97 Å². The highest BCUT2D eigenvalue weighted by molar-refractivity contribution is 5.58. The predicted octanol–water partition coefficient (Wildman–Crippen LogP) is 3.13. The number of hydrogen-bond donors (Lipinski definition) is 1. The summed E-state index contributed by atoms with van der Waals surface area (Å²) in [5, 5.41) is 12.5. The SMILES string of the molecule is CC(Nc1nc(-c2ccccn2)nc2c1CCC2)c1nnc2n1CCCC2. The number of anilines is 1. The Balaban J connectivity index is 1.49. The normalized spacial score (nSPS) is 16.6. The molecule has 1 aliphatic heterocycles. The van der Waals surface area contributed by atoms with Crippen molar-refractivity contribution in [3.63, 3.8) is 0 Å². The maximum Gasteiger partial charge on any atom is 0.180 e. The molecule has 0 aromatic carbocycles. The molecule has 3 aromatic rings. The van der Waals surface area contributed by atoms with Crippen LogP contribution in [-0.4, -0.2) is 29.7 Å². The predicted molar refractivity (Wildman–Crippen MR) is 102 cm³/mol. The first kappa shape index (κ1) is 16.4. The van der Waals surface area contributed by atoms with Crippen molar-refractivity contribution < 1.29 is 0 Å². The Kier molecular flexibility index (Phi) is 4.07. The molecule has 3 aromatic heterocycles. The average Bonchev–Trinajstić information content (AvgIpc) is 3.35. The molecule has 7 heteroatoms. The lowest BCUT2D eigenvalue weighted by Gasteiger charge is -2.20. The number of nitrogens with one attached hydrogen (secondary N) is 1. The van der Waals surface area contributed by atoms with Crippen LogP contribution in [0.4, 0.5) is 5.82 Å². The van der Waals surface area contributed by atoms with Gasteiger partial charge in [0.1, 0.15) is 17.3 Å². The summed E-state index contributed by atoms with van der Waals surface area (Å²) in [6.07, 6.45) is 8.34. The Morgan fingerprint density at radius 1 is 1.04 bits per heavy atom. The number of nitrogens with zero attached hydrogens (tertiary/aromatic N) is 6. The number of aryl methyl sites for hydroxylation is 2. The number of hydrogen-bond acceptors (Lipinski definition) is 6. The molecule has 0 bridgehead atoms. The highest BCUT2D eigenvalue weighted by Crippen LogP contribution is 2.31. The van der Waals surface area contributed by atoms with E-state index in [0.29, 0.717) is 5.82 Å². The fourth-order valence-electron chi connectivity index (χ4n) is 4.08. The molecule has 0 fully saturated rings. The minimum Gasteiger partial charge on any atom is -0.360 e. The molecule has 7 nitrogen and oxygen atoms in total. The summed E-state index contributed by atoms with van der Waals surface area (Å²) in [5.74, 6) is 3.70. The van der Waals surface area contributed by atoms with Crippen molar-refractivity contribution in [1.29, 1.82) is 0 Å². The topological polar surface area (TPSA) is 81.4 Å². The molecule has 0 amide bonds. The second-order valence-electron chi connectivity index (χ2n) is 7.34. The summed E-state index contributed by atoms with van der Waals surface area (Å²) in [6.45, 7) is 3.14. The van der Waals surface area contributed by atoms with Crippen LogP contribution in [0.1, 0.15) is 55.1 Å². The Hall–Kier alpha value is -2.83. The van der Waals surface area contributed by atoms with Crippen molar-refractivity contribution in [2.45, 2.75) is 58.0 Å². The lowest BCUT2D eigenvalue weighted by atomic mass is 10.1. The zero-order valence-corrected chi connectivity index (χ0v) is 15.5. The summed E-state index contributed by atoms with van der Waals surface area (Å²) in [4.78, 5) is 14.0. The van der Waals surface area contributed by atoms with E-state index in [1.165, 1.54) is 18.4 Å². The van der Waals surface area contributed by atoms with Gasteiger partial charge in [-0.2, -0.15) is 0 Å². The van der Waals surface area contributed by atoms with Gasteiger partial charge >= 0.3 is 0 Å². The first-order valence-corrected chi connectivity index (χ1v) is 9.79. The van der Waals surface area contributed by atoms with E-state index >= 15 is 0 Å². The van der Waals surface area contributed by atoms with E-state index in [9.17, 15) is 0 Å². The molecular weight excluding hydrogens is 338 g/mol. The van der Waals surface area contributed by atoms with Gasteiger partial charge in [0, 0.05) is 30.4 Å². The summed E-state index contributed by atoms with van der Waals surface area (Å²) in [7, 11) is 0. The zero-order chi connectivity index (χ0) is 18.2. The standard InChI is InChI=1S/C20H23N7/c1-13(20-26-25-17-10-3-5-12-27(17)20)22-18-14-7-6-9-15(14)23-19(24-18)16-8-2-4-11-21-16/h2,4,8,11,13H,3,5-7,9-10,12H2,1H3,(H,22,23,24). The third kappa shape index (κ3) is 2.97. The van der Waals surface area contributed by atoms with Gasteiger partial charge in [0.05, 0.1) is 6.04 Å². The number of pyridine rings is 1. The van der Waals surface area contributed by atoms with E-state index in [-0.39, 0.29) is 6.04 Å². The van der Waals surface area contributed by atoms with Crippen molar-refractivity contribution in [3.05, 3.63) is 47.3 Å². The minimum absolute atomic E-state index is 0.0422. The van der Waals surface area contributed by atoms with Crippen LogP contribution in [0.25, 0.3) is 11.5 Å². The maximum atomic E-state index is 4.83. The van der Waals surface area contributed by atoms with Gasteiger partial charge in [-0.1, -0.05) is 6.07 Å². The van der Waals surface area contributed by atoms with Crippen molar-refractivity contribution >= 4 is 5.82 Å². The van der Waals surface area contributed by atoms with E-state index in [0.717, 1.165) is 61.1 Å². The van der Waals surface area contributed by atoms with Gasteiger partial charge in [0.25, 0.3) is 0 Å². The summed E-state index contributed by atoms with van der Waals surface area (Å²) in [5.41, 5.74) is 3.19. The van der Waals surface area contributed by atoms with Gasteiger partial charge in [-0.15, -0.1) is 10.2 Å². The number of aromatic nitrogens is 6. The quantitative estimate of drug-likeness (QED) is 0.769. The van der Waals surface area contributed by atoms with E-state index < -0.39 is 0 Å². The summed E-state index contributed by atoms with van der Waals surface area (Å²) < 4.78 is 2.27. The Labute approximate surface area is 158 Å². The second-order valence-corrected chi connectivity index (χ2v) is 7.34. The van der Waals surface area contributed by atoms with Crippen LogP contribution in [-0.2, 0) is 25.8 Å². The Bertz CT molecular complexity index is 964. The molecule has 4 heterocycles. The van der Waals surface area contributed by atoms with E-state index in [1.807, 2.05) is 18.2 Å². The summed E-state index contributed by atoms with van der Waals surface area (Å²) >= 11 is 0. The smallest absolute Gasteiger partial charge is 0.180 e. The zero-order valence-electron chi connectivity index (χ0n) is 15.5. The third-order valence-electron chi connectivity index (χ3n) is 5.46.